The Hall–Kier alpha value is 0.110. The van der Waals surface area contributed by atoms with E-state index in [1.807, 2.05) is 0 Å². The van der Waals surface area contributed by atoms with Crippen LogP contribution in [0, 0.1) is 0 Å². The van der Waals surface area contributed by atoms with Gasteiger partial charge in [0.1, 0.15) is 0 Å². The molecule has 1 heterocycles. The first kappa shape index (κ1) is 11.2. The molecule has 2 atom stereocenters. The first-order valence-corrected chi connectivity index (χ1v) is 5.94. The summed E-state index contributed by atoms with van der Waals surface area (Å²) >= 11 is 0. The summed E-state index contributed by atoms with van der Waals surface area (Å²) < 4.78 is 22.3. The Kier molecular flexibility index (Phi) is 2.63. The van der Waals surface area contributed by atoms with Gasteiger partial charge < -0.3 is 14.2 Å². The lowest BCUT2D eigenvalue weighted by molar-refractivity contribution is 0.0926. The SMILES string of the molecule is CCOP1(=O)OC(C)(C)C[C@@]1(C)O. The van der Waals surface area contributed by atoms with Crippen molar-refractivity contribution in [3.8, 4) is 0 Å². The maximum Gasteiger partial charge on any atom is 0.362 e. The van der Waals surface area contributed by atoms with Crippen LogP contribution in [0.1, 0.15) is 34.1 Å². The second-order valence-corrected chi connectivity index (χ2v) is 6.56. The van der Waals surface area contributed by atoms with Gasteiger partial charge in [-0.3, -0.25) is 4.57 Å². The molecule has 0 aliphatic carbocycles. The maximum atomic E-state index is 12.0. The van der Waals surface area contributed by atoms with Crippen molar-refractivity contribution in [1.29, 1.82) is 0 Å². The molecule has 0 spiro atoms. The lowest BCUT2D eigenvalue weighted by Gasteiger charge is -2.22. The van der Waals surface area contributed by atoms with Gasteiger partial charge in [0.2, 0.25) is 0 Å². The smallest absolute Gasteiger partial charge is 0.362 e. The quantitative estimate of drug-likeness (QED) is 0.706. The Bertz CT molecular complexity index is 247. The maximum absolute atomic E-state index is 12.0. The number of rotatable bonds is 2. The van der Waals surface area contributed by atoms with Crippen molar-refractivity contribution in [2.75, 3.05) is 6.61 Å². The van der Waals surface area contributed by atoms with Gasteiger partial charge in [0.15, 0.2) is 5.34 Å². The average molecular weight is 208 g/mol. The lowest BCUT2D eigenvalue weighted by atomic mass is 10.0. The molecule has 0 aromatic carbocycles. The minimum Gasteiger partial charge on any atom is -0.377 e. The highest BCUT2D eigenvalue weighted by Gasteiger charge is 2.58. The summed E-state index contributed by atoms with van der Waals surface area (Å²) in [6.45, 7) is 7.09. The van der Waals surface area contributed by atoms with Gasteiger partial charge in [-0.25, -0.2) is 0 Å². The molecule has 78 valence electrons. The first-order valence-electron chi connectivity index (χ1n) is 4.40. The fourth-order valence-corrected chi connectivity index (χ4v) is 3.85. The van der Waals surface area contributed by atoms with Crippen molar-refractivity contribution < 1.29 is 18.7 Å². The van der Waals surface area contributed by atoms with Crippen molar-refractivity contribution in [3.63, 3.8) is 0 Å². The predicted octanol–water partition coefficient (Wildman–Crippen LogP) is 2.12. The van der Waals surface area contributed by atoms with E-state index in [1.165, 1.54) is 6.92 Å². The zero-order valence-corrected chi connectivity index (χ0v) is 9.43. The van der Waals surface area contributed by atoms with Crippen LogP contribution in [0.15, 0.2) is 0 Å². The van der Waals surface area contributed by atoms with E-state index in [4.69, 9.17) is 9.05 Å². The van der Waals surface area contributed by atoms with Crippen molar-refractivity contribution >= 4 is 7.60 Å². The third-order valence-corrected chi connectivity index (χ3v) is 4.69. The molecule has 4 nitrogen and oxygen atoms in total. The van der Waals surface area contributed by atoms with Gasteiger partial charge in [0.25, 0.3) is 0 Å². The average Bonchev–Trinajstić information content (AvgIpc) is 1.96. The molecule has 5 heteroatoms. The van der Waals surface area contributed by atoms with E-state index >= 15 is 0 Å². The standard InChI is InChI=1S/C8H17O4P/c1-5-11-13(10)8(4,9)6-7(2,3)12-13/h9H,5-6H2,1-4H3/t8-,13?/m0/s1. The fraction of sp³-hybridized carbons (Fsp3) is 1.00. The molecule has 1 saturated heterocycles. The summed E-state index contributed by atoms with van der Waals surface area (Å²) in [5, 5.41) is 8.51. The molecule has 0 saturated carbocycles. The Balaban J connectivity index is 2.93. The van der Waals surface area contributed by atoms with Crippen molar-refractivity contribution in [1.82, 2.24) is 0 Å². The molecule has 1 N–H and O–H groups in total. The molecule has 1 rings (SSSR count). The number of hydrogen-bond acceptors (Lipinski definition) is 4. The van der Waals surface area contributed by atoms with Gasteiger partial charge in [-0.1, -0.05) is 0 Å². The van der Waals surface area contributed by atoms with Crippen molar-refractivity contribution in [2.45, 2.75) is 45.1 Å². The third kappa shape index (κ3) is 1.96. The molecular weight excluding hydrogens is 191 g/mol. The molecule has 0 aromatic rings. The summed E-state index contributed by atoms with van der Waals surface area (Å²) in [7, 11) is -3.34. The van der Waals surface area contributed by atoms with Crippen LogP contribution < -0.4 is 0 Å². The summed E-state index contributed by atoms with van der Waals surface area (Å²) in [5.74, 6) is 0. The molecule has 1 fully saturated rings. The highest BCUT2D eigenvalue weighted by molar-refractivity contribution is 7.55. The topological polar surface area (TPSA) is 55.8 Å². The Morgan fingerprint density at radius 2 is 2.08 bits per heavy atom. The summed E-state index contributed by atoms with van der Waals surface area (Å²) in [6, 6.07) is 0. The van der Waals surface area contributed by atoms with Crippen LogP contribution in [-0.2, 0) is 13.6 Å². The Morgan fingerprint density at radius 3 is 2.38 bits per heavy atom. The van der Waals surface area contributed by atoms with Gasteiger partial charge in [-0.05, 0) is 27.7 Å². The normalized spacial score (nSPS) is 43.8. The van der Waals surface area contributed by atoms with Gasteiger partial charge in [0, 0.05) is 6.42 Å². The number of aliphatic hydroxyl groups is 1. The zero-order chi connectivity index (χ0) is 10.3. The van der Waals surface area contributed by atoms with Gasteiger partial charge in [-0.2, -0.15) is 0 Å². The molecule has 0 amide bonds. The fourth-order valence-electron chi connectivity index (χ4n) is 1.69. The monoisotopic (exact) mass is 208 g/mol. The minimum absolute atomic E-state index is 0.281. The van der Waals surface area contributed by atoms with Crippen LogP contribution in [0.5, 0.6) is 0 Å². The first-order chi connectivity index (χ1) is 5.72. The molecular formula is C8H17O4P. The molecule has 0 aromatic heterocycles. The van der Waals surface area contributed by atoms with Crippen LogP contribution in [0.25, 0.3) is 0 Å². The van der Waals surface area contributed by atoms with Crippen molar-refractivity contribution in [2.24, 2.45) is 0 Å². The minimum atomic E-state index is -3.34. The molecule has 1 unspecified atom stereocenters. The zero-order valence-electron chi connectivity index (χ0n) is 8.53. The van der Waals surface area contributed by atoms with Crippen LogP contribution in [0.4, 0.5) is 0 Å². The predicted molar refractivity (Wildman–Crippen MR) is 49.6 cm³/mol. The summed E-state index contributed by atoms with van der Waals surface area (Å²) in [5.41, 5.74) is -0.575. The Labute approximate surface area is 78.8 Å². The van der Waals surface area contributed by atoms with E-state index in [0.717, 1.165) is 0 Å². The molecule has 1 aliphatic heterocycles. The van der Waals surface area contributed by atoms with E-state index in [0.29, 0.717) is 6.42 Å². The van der Waals surface area contributed by atoms with Gasteiger partial charge in [0.05, 0.1) is 12.2 Å². The van der Waals surface area contributed by atoms with E-state index in [2.05, 4.69) is 0 Å². The summed E-state index contributed by atoms with van der Waals surface area (Å²) in [4.78, 5) is 0. The molecule has 0 bridgehead atoms. The lowest BCUT2D eigenvalue weighted by Crippen LogP contribution is -2.24. The largest absolute Gasteiger partial charge is 0.377 e. The highest BCUT2D eigenvalue weighted by Crippen LogP contribution is 2.68. The third-order valence-electron chi connectivity index (χ3n) is 2.02. The molecule has 1 aliphatic rings. The van der Waals surface area contributed by atoms with E-state index < -0.39 is 18.5 Å². The van der Waals surface area contributed by atoms with Crippen molar-refractivity contribution in [3.05, 3.63) is 0 Å². The molecule has 13 heavy (non-hydrogen) atoms. The van der Waals surface area contributed by atoms with Gasteiger partial charge >= 0.3 is 7.60 Å². The van der Waals surface area contributed by atoms with Crippen LogP contribution in [0.3, 0.4) is 0 Å². The second-order valence-electron chi connectivity index (χ2n) is 4.16. The van der Waals surface area contributed by atoms with Gasteiger partial charge in [-0.15, -0.1) is 0 Å². The van der Waals surface area contributed by atoms with Crippen LogP contribution in [-0.4, -0.2) is 22.7 Å². The van der Waals surface area contributed by atoms with E-state index in [-0.39, 0.29) is 6.61 Å². The second kappa shape index (κ2) is 3.06. The number of hydrogen-bond donors (Lipinski definition) is 1. The van der Waals surface area contributed by atoms with E-state index in [1.54, 1.807) is 20.8 Å². The van der Waals surface area contributed by atoms with Crippen LogP contribution in [0.2, 0.25) is 0 Å². The van der Waals surface area contributed by atoms with E-state index in [9.17, 15) is 9.67 Å². The highest BCUT2D eigenvalue weighted by atomic mass is 31.2. The Morgan fingerprint density at radius 1 is 1.54 bits per heavy atom. The van der Waals surface area contributed by atoms with Crippen LogP contribution >= 0.6 is 7.60 Å². The molecule has 0 radical (unpaired) electrons. The summed E-state index contributed by atoms with van der Waals surface area (Å²) in [6.07, 6.45) is 0.331.